The van der Waals surface area contributed by atoms with Crippen LogP contribution >= 0.6 is 0 Å². The zero-order valence-electron chi connectivity index (χ0n) is 12.2. The summed E-state index contributed by atoms with van der Waals surface area (Å²) in [6.45, 7) is 4.86. The van der Waals surface area contributed by atoms with Gasteiger partial charge in [-0.05, 0) is 31.5 Å². The lowest BCUT2D eigenvalue weighted by Crippen LogP contribution is -2.49. The largest absolute Gasteiger partial charge is 0.312 e. The maximum Gasteiger partial charge on any atom is 0.154 e. The highest BCUT2D eigenvalue weighted by Gasteiger charge is 2.38. The highest BCUT2D eigenvalue weighted by Crippen LogP contribution is 2.29. The van der Waals surface area contributed by atoms with E-state index >= 15 is 0 Å². The molecule has 3 atom stereocenters. The van der Waals surface area contributed by atoms with Crippen molar-refractivity contribution in [3.05, 3.63) is 30.1 Å². The van der Waals surface area contributed by atoms with Gasteiger partial charge in [-0.25, -0.2) is 8.42 Å². The van der Waals surface area contributed by atoms with E-state index in [1.54, 1.807) is 6.20 Å². The second-order valence-corrected chi connectivity index (χ2v) is 7.87. The van der Waals surface area contributed by atoms with E-state index in [1.807, 2.05) is 25.1 Å². The smallest absolute Gasteiger partial charge is 0.154 e. The van der Waals surface area contributed by atoms with Crippen molar-refractivity contribution in [2.24, 2.45) is 0 Å². The van der Waals surface area contributed by atoms with Crippen LogP contribution in [0.2, 0.25) is 0 Å². The van der Waals surface area contributed by atoms with Crippen LogP contribution in [0, 0.1) is 0 Å². The third-order valence-corrected chi connectivity index (χ3v) is 6.47. The van der Waals surface area contributed by atoms with Gasteiger partial charge in [-0.2, -0.15) is 0 Å². The van der Waals surface area contributed by atoms with Gasteiger partial charge < -0.3 is 5.32 Å². The van der Waals surface area contributed by atoms with E-state index in [0.717, 1.165) is 31.5 Å². The highest BCUT2D eigenvalue weighted by atomic mass is 32.2. The van der Waals surface area contributed by atoms with Crippen LogP contribution in [0.1, 0.15) is 44.7 Å². The minimum absolute atomic E-state index is 0.0554. The molecule has 4 nitrogen and oxygen atoms in total. The molecule has 0 bridgehead atoms. The molecule has 1 fully saturated rings. The zero-order chi connectivity index (χ0) is 14.6. The van der Waals surface area contributed by atoms with Gasteiger partial charge in [-0.15, -0.1) is 0 Å². The number of nitrogens with one attached hydrogen (secondary N) is 1. The summed E-state index contributed by atoms with van der Waals surface area (Å²) in [5.74, 6) is 0.420. The molecule has 2 heterocycles. The molecule has 112 valence electrons. The first-order chi connectivity index (χ1) is 9.56. The van der Waals surface area contributed by atoms with Crippen LogP contribution in [0.4, 0.5) is 0 Å². The van der Waals surface area contributed by atoms with Crippen molar-refractivity contribution in [2.75, 3.05) is 12.3 Å². The average molecular weight is 296 g/mol. The Labute approximate surface area is 121 Å². The Kier molecular flexibility index (Phi) is 5.16. The Bertz CT molecular complexity index is 516. The molecule has 1 aromatic heterocycles. The summed E-state index contributed by atoms with van der Waals surface area (Å²) in [5.41, 5.74) is 0.958. The standard InChI is InChI=1S/C15H24N2O2S/c1-3-16-15(12(2)13-8-4-6-10-17-13)14-9-5-7-11-20(14,18)19/h4,6,8,10,12,14-16H,3,5,7,9,11H2,1-2H3. The van der Waals surface area contributed by atoms with Crippen molar-refractivity contribution in [2.45, 2.75) is 50.3 Å². The molecular formula is C15H24N2O2S. The molecule has 1 aromatic rings. The topological polar surface area (TPSA) is 59.1 Å². The van der Waals surface area contributed by atoms with Gasteiger partial charge >= 0.3 is 0 Å². The van der Waals surface area contributed by atoms with Crippen molar-refractivity contribution in [3.8, 4) is 0 Å². The fourth-order valence-corrected chi connectivity index (χ4v) is 5.29. The van der Waals surface area contributed by atoms with E-state index in [0.29, 0.717) is 5.75 Å². The molecule has 0 saturated carbocycles. The van der Waals surface area contributed by atoms with Crippen molar-refractivity contribution in [1.82, 2.24) is 10.3 Å². The van der Waals surface area contributed by atoms with Crippen LogP contribution in [0.15, 0.2) is 24.4 Å². The molecule has 20 heavy (non-hydrogen) atoms. The van der Waals surface area contributed by atoms with Crippen LogP contribution in [0.3, 0.4) is 0 Å². The Morgan fingerprint density at radius 3 is 2.80 bits per heavy atom. The Morgan fingerprint density at radius 1 is 1.40 bits per heavy atom. The molecule has 0 radical (unpaired) electrons. The minimum Gasteiger partial charge on any atom is -0.312 e. The molecule has 1 N–H and O–H groups in total. The van der Waals surface area contributed by atoms with Crippen molar-refractivity contribution in [1.29, 1.82) is 0 Å². The van der Waals surface area contributed by atoms with E-state index in [4.69, 9.17) is 0 Å². The number of hydrogen-bond acceptors (Lipinski definition) is 4. The molecule has 0 aromatic carbocycles. The number of nitrogens with zero attached hydrogens (tertiary/aromatic N) is 1. The Morgan fingerprint density at radius 2 is 2.20 bits per heavy atom. The average Bonchev–Trinajstić information content (AvgIpc) is 2.45. The van der Waals surface area contributed by atoms with Crippen LogP contribution in [-0.2, 0) is 9.84 Å². The van der Waals surface area contributed by atoms with Gasteiger partial charge in [0.25, 0.3) is 0 Å². The third-order valence-electron chi connectivity index (χ3n) is 4.16. The molecule has 2 rings (SSSR count). The van der Waals surface area contributed by atoms with Gasteiger partial charge in [-0.3, -0.25) is 4.98 Å². The summed E-state index contributed by atoms with van der Waals surface area (Å²) < 4.78 is 24.7. The van der Waals surface area contributed by atoms with Crippen molar-refractivity contribution in [3.63, 3.8) is 0 Å². The summed E-state index contributed by atoms with van der Waals surface area (Å²) in [6.07, 6.45) is 4.33. The summed E-state index contributed by atoms with van der Waals surface area (Å²) in [7, 11) is -2.99. The lowest BCUT2D eigenvalue weighted by molar-refractivity contribution is 0.398. The fraction of sp³-hybridized carbons (Fsp3) is 0.667. The van der Waals surface area contributed by atoms with E-state index in [-0.39, 0.29) is 17.2 Å². The predicted octanol–water partition coefficient (Wildman–Crippen LogP) is 2.13. The number of rotatable bonds is 5. The monoisotopic (exact) mass is 296 g/mol. The molecule has 0 amide bonds. The molecule has 1 aliphatic rings. The summed E-state index contributed by atoms with van der Waals surface area (Å²) >= 11 is 0. The molecule has 0 spiro atoms. The van der Waals surface area contributed by atoms with Crippen LogP contribution < -0.4 is 5.32 Å². The highest BCUT2D eigenvalue weighted by molar-refractivity contribution is 7.92. The number of sulfone groups is 1. The van der Waals surface area contributed by atoms with Crippen LogP contribution in [0.25, 0.3) is 0 Å². The van der Waals surface area contributed by atoms with Crippen molar-refractivity contribution < 1.29 is 8.42 Å². The maximum atomic E-state index is 12.4. The van der Waals surface area contributed by atoms with Crippen molar-refractivity contribution >= 4 is 9.84 Å². The van der Waals surface area contributed by atoms with Gasteiger partial charge in [0.05, 0.1) is 11.0 Å². The van der Waals surface area contributed by atoms with Crippen LogP contribution in [0.5, 0.6) is 0 Å². The lowest BCUT2D eigenvalue weighted by Gasteiger charge is -2.34. The van der Waals surface area contributed by atoms with E-state index in [1.165, 1.54) is 0 Å². The first-order valence-corrected chi connectivity index (χ1v) is 9.13. The summed E-state index contributed by atoms with van der Waals surface area (Å²) in [4.78, 5) is 4.39. The molecule has 3 unspecified atom stereocenters. The summed E-state index contributed by atoms with van der Waals surface area (Å²) in [6, 6.07) is 5.76. The maximum absolute atomic E-state index is 12.4. The van der Waals surface area contributed by atoms with Crippen LogP contribution in [-0.4, -0.2) is 37.0 Å². The minimum atomic E-state index is -2.99. The normalized spacial score (nSPS) is 25.0. The van der Waals surface area contributed by atoms with Gasteiger partial charge in [0, 0.05) is 23.9 Å². The molecule has 0 aliphatic carbocycles. The molecule has 1 saturated heterocycles. The number of aromatic nitrogens is 1. The van der Waals surface area contributed by atoms with Gasteiger partial charge in [0.1, 0.15) is 0 Å². The molecule has 5 heteroatoms. The number of hydrogen-bond donors (Lipinski definition) is 1. The zero-order valence-corrected chi connectivity index (χ0v) is 13.1. The van der Waals surface area contributed by atoms with E-state index in [2.05, 4.69) is 17.2 Å². The first-order valence-electron chi connectivity index (χ1n) is 7.42. The van der Waals surface area contributed by atoms with E-state index < -0.39 is 9.84 Å². The number of pyridine rings is 1. The Balaban J connectivity index is 2.26. The lowest BCUT2D eigenvalue weighted by atomic mass is 9.92. The first kappa shape index (κ1) is 15.4. The fourth-order valence-electron chi connectivity index (χ4n) is 3.08. The second kappa shape index (κ2) is 6.68. The second-order valence-electron chi connectivity index (χ2n) is 5.53. The summed E-state index contributed by atoms with van der Waals surface area (Å²) in [5, 5.41) is 3.10. The third kappa shape index (κ3) is 3.38. The Hall–Kier alpha value is -0.940. The van der Waals surface area contributed by atoms with Gasteiger partial charge in [0.15, 0.2) is 9.84 Å². The predicted molar refractivity (Wildman–Crippen MR) is 81.5 cm³/mol. The SMILES string of the molecule is CCNC(C(C)c1ccccn1)C1CCCCS1(=O)=O. The molecular weight excluding hydrogens is 272 g/mol. The van der Waals surface area contributed by atoms with Gasteiger partial charge in [0.2, 0.25) is 0 Å². The number of likely N-dealkylation sites (N-methyl/N-ethyl adjacent to an activating group) is 1. The molecule has 1 aliphatic heterocycles. The quantitative estimate of drug-likeness (QED) is 0.904. The van der Waals surface area contributed by atoms with E-state index in [9.17, 15) is 8.42 Å². The van der Waals surface area contributed by atoms with Gasteiger partial charge in [-0.1, -0.05) is 26.3 Å².